The van der Waals surface area contributed by atoms with Gasteiger partial charge in [-0.3, -0.25) is 10.3 Å². The molecular weight excluding hydrogens is 400 g/mol. The van der Waals surface area contributed by atoms with Crippen LogP contribution in [0, 0.1) is 11.6 Å². The van der Waals surface area contributed by atoms with Crippen LogP contribution in [0.4, 0.5) is 20.7 Å². The summed E-state index contributed by atoms with van der Waals surface area (Å²) < 4.78 is 28.9. The number of nitrogens with zero attached hydrogens (tertiary/aromatic N) is 5. The molecule has 9 heteroatoms. The number of piperidine rings is 1. The van der Waals surface area contributed by atoms with Crippen LogP contribution in [0.1, 0.15) is 24.3 Å². The first-order valence-corrected chi connectivity index (χ1v) is 10.0. The Hall–Kier alpha value is -3.59. The van der Waals surface area contributed by atoms with Gasteiger partial charge < -0.3 is 5.32 Å². The molecule has 0 aliphatic carbocycles. The lowest BCUT2D eigenvalue weighted by Crippen LogP contribution is -2.26. The number of fused-ring (bicyclic) bond motifs is 1. The minimum Gasteiger partial charge on any atom is -0.317 e. The van der Waals surface area contributed by atoms with Crippen molar-refractivity contribution in [2.24, 2.45) is 0 Å². The van der Waals surface area contributed by atoms with Gasteiger partial charge >= 0.3 is 0 Å². The standard InChI is InChI=1S/C22H19F2N7/c23-17-9-15(8-14-2-1-5-26-19(14)17)20-18(24)12-29-22(30-20)31-21-27-10-16(11-28-21)13-3-6-25-7-4-13/h1-2,5,8-13,25H,3-4,6-7H2,(H,27,28,29,30,31). The number of rotatable bonds is 4. The second-order valence-corrected chi connectivity index (χ2v) is 7.41. The summed E-state index contributed by atoms with van der Waals surface area (Å²) in [4.78, 5) is 20.9. The molecule has 31 heavy (non-hydrogen) atoms. The first-order chi connectivity index (χ1) is 15.2. The highest BCUT2D eigenvalue weighted by Gasteiger charge is 2.17. The van der Waals surface area contributed by atoms with Crippen molar-refractivity contribution in [3.63, 3.8) is 0 Å². The van der Waals surface area contributed by atoms with E-state index in [9.17, 15) is 8.78 Å². The molecule has 156 valence electrons. The highest BCUT2D eigenvalue weighted by atomic mass is 19.1. The SMILES string of the molecule is Fc1cnc(Nc2ncc(C3CCNCC3)cn2)nc1-c1cc(F)c2ncccc2c1. The van der Waals surface area contributed by atoms with Gasteiger partial charge in [-0.1, -0.05) is 6.07 Å². The zero-order valence-corrected chi connectivity index (χ0v) is 16.5. The molecule has 4 heterocycles. The topological polar surface area (TPSA) is 88.5 Å². The van der Waals surface area contributed by atoms with Gasteiger partial charge in [-0.2, -0.15) is 0 Å². The van der Waals surface area contributed by atoms with Crippen LogP contribution < -0.4 is 10.6 Å². The number of nitrogens with one attached hydrogen (secondary N) is 2. The Morgan fingerprint density at radius 1 is 0.903 bits per heavy atom. The van der Waals surface area contributed by atoms with Gasteiger partial charge in [0.15, 0.2) is 5.82 Å². The summed E-state index contributed by atoms with van der Waals surface area (Å²) in [7, 11) is 0. The van der Waals surface area contributed by atoms with Crippen LogP contribution in [0.25, 0.3) is 22.2 Å². The molecule has 0 atom stereocenters. The van der Waals surface area contributed by atoms with Crippen LogP contribution in [0.15, 0.2) is 49.1 Å². The molecule has 7 nitrogen and oxygen atoms in total. The Labute approximate surface area is 177 Å². The third-order valence-corrected chi connectivity index (χ3v) is 5.38. The highest BCUT2D eigenvalue weighted by Crippen LogP contribution is 2.28. The third kappa shape index (κ3) is 4.04. The first kappa shape index (κ1) is 19.4. The molecule has 3 aromatic heterocycles. The van der Waals surface area contributed by atoms with Crippen LogP contribution in [0.5, 0.6) is 0 Å². The summed E-state index contributed by atoms with van der Waals surface area (Å²) in [6.07, 6.45) is 8.24. The Balaban J connectivity index is 1.41. The molecule has 2 N–H and O–H groups in total. The molecule has 1 fully saturated rings. The van der Waals surface area contributed by atoms with Gasteiger partial charge in [-0.15, -0.1) is 0 Å². The predicted molar refractivity (Wildman–Crippen MR) is 113 cm³/mol. The second kappa shape index (κ2) is 8.27. The van der Waals surface area contributed by atoms with Gasteiger partial charge in [0.05, 0.1) is 6.20 Å². The Bertz CT molecular complexity index is 1220. The zero-order chi connectivity index (χ0) is 21.2. The summed E-state index contributed by atoms with van der Waals surface area (Å²) >= 11 is 0. The maximum atomic E-state index is 14.5. The van der Waals surface area contributed by atoms with E-state index >= 15 is 0 Å². The first-order valence-electron chi connectivity index (χ1n) is 10.0. The van der Waals surface area contributed by atoms with E-state index in [4.69, 9.17) is 0 Å². The maximum Gasteiger partial charge on any atom is 0.230 e. The summed E-state index contributed by atoms with van der Waals surface area (Å²) in [5.41, 5.74) is 1.59. The fourth-order valence-corrected chi connectivity index (χ4v) is 3.78. The van der Waals surface area contributed by atoms with Gasteiger partial charge in [-0.05, 0) is 55.6 Å². The molecule has 0 unspecified atom stereocenters. The number of benzene rings is 1. The summed E-state index contributed by atoms with van der Waals surface area (Å²) in [6, 6.07) is 6.27. The van der Waals surface area contributed by atoms with Crippen molar-refractivity contribution in [1.82, 2.24) is 30.2 Å². The summed E-state index contributed by atoms with van der Waals surface area (Å²) in [5.74, 6) is -0.323. The summed E-state index contributed by atoms with van der Waals surface area (Å²) in [5, 5.41) is 6.79. The van der Waals surface area contributed by atoms with Crippen molar-refractivity contribution < 1.29 is 8.78 Å². The van der Waals surface area contributed by atoms with E-state index in [0.29, 0.717) is 22.8 Å². The normalized spacial score (nSPS) is 14.6. The van der Waals surface area contributed by atoms with Crippen molar-refractivity contribution in [2.75, 3.05) is 18.4 Å². The number of anilines is 2. The number of hydrogen-bond acceptors (Lipinski definition) is 7. The molecule has 0 radical (unpaired) electrons. The lowest BCUT2D eigenvalue weighted by molar-refractivity contribution is 0.459. The minimum atomic E-state index is -0.657. The fourth-order valence-electron chi connectivity index (χ4n) is 3.78. The van der Waals surface area contributed by atoms with Gasteiger partial charge in [0.2, 0.25) is 11.9 Å². The Morgan fingerprint density at radius 2 is 1.68 bits per heavy atom. The highest BCUT2D eigenvalue weighted by molar-refractivity contribution is 5.84. The van der Waals surface area contributed by atoms with Crippen molar-refractivity contribution in [1.29, 1.82) is 0 Å². The molecule has 0 bridgehead atoms. The van der Waals surface area contributed by atoms with Crippen LogP contribution in [-0.2, 0) is 0 Å². The minimum absolute atomic E-state index is 0.0199. The van der Waals surface area contributed by atoms with Gasteiger partial charge in [0.25, 0.3) is 0 Å². The third-order valence-electron chi connectivity index (χ3n) is 5.38. The van der Waals surface area contributed by atoms with E-state index < -0.39 is 11.6 Å². The Morgan fingerprint density at radius 3 is 2.48 bits per heavy atom. The van der Waals surface area contributed by atoms with Crippen LogP contribution in [0.3, 0.4) is 0 Å². The lowest BCUT2D eigenvalue weighted by atomic mass is 9.92. The molecular formula is C22H19F2N7. The average molecular weight is 419 g/mol. The van der Waals surface area contributed by atoms with E-state index in [2.05, 4.69) is 35.6 Å². The van der Waals surface area contributed by atoms with E-state index in [-0.39, 0.29) is 17.2 Å². The monoisotopic (exact) mass is 419 g/mol. The fraction of sp³-hybridized carbons (Fsp3) is 0.227. The summed E-state index contributed by atoms with van der Waals surface area (Å²) in [6.45, 7) is 1.98. The molecule has 5 rings (SSSR count). The van der Waals surface area contributed by atoms with Gasteiger partial charge in [0, 0.05) is 29.5 Å². The van der Waals surface area contributed by atoms with Gasteiger partial charge in [0.1, 0.15) is 17.0 Å². The van der Waals surface area contributed by atoms with Crippen molar-refractivity contribution in [3.8, 4) is 11.3 Å². The number of aromatic nitrogens is 5. The molecule has 1 aliphatic rings. The second-order valence-electron chi connectivity index (χ2n) is 7.41. The molecule has 0 amide bonds. The van der Waals surface area contributed by atoms with Crippen LogP contribution >= 0.6 is 0 Å². The largest absolute Gasteiger partial charge is 0.317 e. The lowest BCUT2D eigenvalue weighted by Gasteiger charge is -2.22. The van der Waals surface area contributed by atoms with E-state index in [0.717, 1.165) is 37.7 Å². The van der Waals surface area contributed by atoms with E-state index in [1.54, 1.807) is 30.6 Å². The van der Waals surface area contributed by atoms with Crippen LogP contribution in [0.2, 0.25) is 0 Å². The number of hydrogen-bond donors (Lipinski definition) is 2. The van der Waals surface area contributed by atoms with Crippen molar-refractivity contribution >= 4 is 22.8 Å². The van der Waals surface area contributed by atoms with Crippen molar-refractivity contribution in [2.45, 2.75) is 18.8 Å². The predicted octanol–water partition coefficient (Wildman–Crippen LogP) is 3.97. The average Bonchev–Trinajstić information content (AvgIpc) is 2.81. The van der Waals surface area contributed by atoms with Crippen molar-refractivity contribution in [3.05, 3.63) is 66.3 Å². The molecule has 0 saturated carbocycles. The van der Waals surface area contributed by atoms with E-state index in [1.165, 1.54) is 12.3 Å². The van der Waals surface area contributed by atoms with Crippen LogP contribution in [-0.4, -0.2) is 38.0 Å². The smallest absolute Gasteiger partial charge is 0.230 e. The zero-order valence-electron chi connectivity index (χ0n) is 16.5. The molecule has 0 spiro atoms. The quantitative estimate of drug-likeness (QED) is 0.517. The maximum absolute atomic E-state index is 14.5. The van der Waals surface area contributed by atoms with E-state index in [1.807, 2.05) is 0 Å². The molecule has 1 aliphatic heterocycles. The number of pyridine rings is 1. The number of halogens is 2. The van der Waals surface area contributed by atoms with Gasteiger partial charge in [-0.25, -0.2) is 28.7 Å². The molecule has 1 saturated heterocycles. The molecule has 4 aromatic rings. The Kier molecular flexibility index (Phi) is 5.17. The molecule has 1 aromatic carbocycles.